The van der Waals surface area contributed by atoms with E-state index in [1.807, 2.05) is 19.1 Å². The monoisotopic (exact) mass is 241 g/mol. The van der Waals surface area contributed by atoms with Gasteiger partial charge < -0.3 is 10.4 Å². The number of carbonyl (C=O) groups is 1. The number of halogens is 1. The zero-order valence-corrected chi connectivity index (χ0v) is 10.2. The van der Waals surface area contributed by atoms with E-state index in [0.717, 1.165) is 5.56 Å². The van der Waals surface area contributed by atoms with Crippen molar-refractivity contribution >= 4 is 23.2 Å². The number of amides is 1. The van der Waals surface area contributed by atoms with Crippen LogP contribution in [0.4, 0.5) is 5.69 Å². The summed E-state index contributed by atoms with van der Waals surface area (Å²) >= 11 is 5.94. The predicted octanol–water partition coefficient (Wildman–Crippen LogP) is 2.75. The first-order valence-corrected chi connectivity index (χ1v) is 5.61. The summed E-state index contributed by atoms with van der Waals surface area (Å²) in [6, 6.07) is 5.46. The van der Waals surface area contributed by atoms with E-state index in [4.69, 9.17) is 16.7 Å². The smallest absolute Gasteiger partial charge is 0.224 e. The molecule has 0 fully saturated rings. The van der Waals surface area contributed by atoms with Crippen LogP contribution in [0.1, 0.15) is 25.3 Å². The molecule has 1 amide bonds. The molecular weight excluding hydrogens is 226 g/mol. The Morgan fingerprint density at radius 1 is 1.56 bits per heavy atom. The third-order valence-corrected chi connectivity index (χ3v) is 2.51. The Hall–Kier alpha value is -1.06. The molecule has 0 bridgehead atoms. The topological polar surface area (TPSA) is 49.3 Å². The summed E-state index contributed by atoms with van der Waals surface area (Å²) in [5.74, 6) is -0.131. The second-order valence-electron chi connectivity index (χ2n) is 3.92. The molecule has 0 aliphatic carbocycles. The zero-order valence-electron chi connectivity index (χ0n) is 9.46. The summed E-state index contributed by atoms with van der Waals surface area (Å²) in [4.78, 5) is 11.5. The van der Waals surface area contributed by atoms with E-state index < -0.39 is 6.10 Å². The number of rotatable bonds is 4. The summed E-state index contributed by atoms with van der Waals surface area (Å²) in [6.45, 7) is 3.59. The molecule has 2 N–H and O–H groups in total. The van der Waals surface area contributed by atoms with Gasteiger partial charge >= 0.3 is 0 Å². The van der Waals surface area contributed by atoms with E-state index >= 15 is 0 Å². The normalized spacial score (nSPS) is 12.2. The van der Waals surface area contributed by atoms with Gasteiger partial charge in [0.25, 0.3) is 0 Å². The summed E-state index contributed by atoms with van der Waals surface area (Å²) in [7, 11) is 0. The Kier molecular flexibility index (Phi) is 4.77. The number of anilines is 1. The van der Waals surface area contributed by atoms with Gasteiger partial charge in [-0.1, -0.05) is 17.7 Å². The van der Waals surface area contributed by atoms with E-state index in [1.165, 1.54) is 0 Å². The Morgan fingerprint density at radius 2 is 2.25 bits per heavy atom. The standard InChI is InChI=1S/C12H16ClNO2/c1-8-3-5-10(13)11(7-8)14-12(16)6-4-9(2)15/h3,5,7,9,15H,4,6H2,1-2H3,(H,14,16). The lowest BCUT2D eigenvalue weighted by atomic mass is 10.2. The summed E-state index contributed by atoms with van der Waals surface area (Å²) in [5, 5.41) is 12.3. The van der Waals surface area contributed by atoms with Gasteiger partial charge in [0, 0.05) is 6.42 Å². The third kappa shape index (κ3) is 4.21. The van der Waals surface area contributed by atoms with E-state index in [1.54, 1.807) is 13.0 Å². The molecule has 88 valence electrons. The molecule has 0 aliphatic heterocycles. The third-order valence-electron chi connectivity index (χ3n) is 2.19. The molecular formula is C12H16ClNO2. The highest BCUT2D eigenvalue weighted by molar-refractivity contribution is 6.33. The van der Waals surface area contributed by atoms with Gasteiger partial charge in [-0.25, -0.2) is 0 Å². The summed E-state index contributed by atoms with van der Waals surface area (Å²) < 4.78 is 0. The maximum absolute atomic E-state index is 11.5. The molecule has 16 heavy (non-hydrogen) atoms. The van der Waals surface area contributed by atoms with Gasteiger partial charge in [0.1, 0.15) is 0 Å². The van der Waals surface area contributed by atoms with Gasteiger partial charge in [0.2, 0.25) is 5.91 Å². The van der Waals surface area contributed by atoms with Crippen molar-refractivity contribution in [3.05, 3.63) is 28.8 Å². The number of aliphatic hydroxyl groups is 1. The molecule has 0 aliphatic rings. The fourth-order valence-corrected chi connectivity index (χ4v) is 1.45. The van der Waals surface area contributed by atoms with Crippen molar-refractivity contribution < 1.29 is 9.90 Å². The van der Waals surface area contributed by atoms with Crippen LogP contribution in [0.25, 0.3) is 0 Å². The number of nitrogens with one attached hydrogen (secondary N) is 1. The van der Waals surface area contributed by atoms with Crippen molar-refractivity contribution in [2.45, 2.75) is 32.8 Å². The van der Waals surface area contributed by atoms with Crippen molar-refractivity contribution in [2.24, 2.45) is 0 Å². The molecule has 0 saturated heterocycles. The minimum atomic E-state index is -0.460. The van der Waals surface area contributed by atoms with Crippen LogP contribution in [0, 0.1) is 6.92 Å². The Morgan fingerprint density at radius 3 is 2.88 bits per heavy atom. The Labute approximate surface area is 100 Å². The molecule has 1 aromatic carbocycles. The second-order valence-corrected chi connectivity index (χ2v) is 4.33. The van der Waals surface area contributed by atoms with Crippen LogP contribution in [0.15, 0.2) is 18.2 Å². The fourth-order valence-electron chi connectivity index (χ4n) is 1.29. The lowest BCUT2D eigenvalue weighted by Gasteiger charge is -2.08. The number of hydrogen-bond donors (Lipinski definition) is 2. The minimum absolute atomic E-state index is 0.131. The van der Waals surface area contributed by atoms with Gasteiger partial charge in [0.05, 0.1) is 16.8 Å². The summed E-state index contributed by atoms with van der Waals surface area (Å²) in [5.41, 5.74) is 1.66. The second kappa shape index (κ2) is 5.87. The number of hydrogen-bond acceptors (Lipinski definition) is 2. The van der Waals surface area contributed by atoms with Crippen molar-refractivity contribution in [1.82, 2.24) is 0 Å². The molecule has 0 saturated carbocycles. The highest BCUT2D eigenvalue weighted by atomic mass is 35.5. The molecule has 4 heteroatoms. The Balaban J connectivity index is 2.59. The molecule has 1 atom stereocenters. The van der Waals surface area contributed by atoms with E-state index in [-0.39, 0.29) is 5.91 Å². The number of carbonyl (C=O) groups excluding carboxylic acids is 1. The van der Waals surface area contributed by atoms with Crippen LogP contribution >= 0.6 is 11.6 Å². The van der Waals surface area contributed by atoms with Crippen molar-refractivity contribution in [2.75, 3.05) is 5.32 Å². The van der Waals surface area contributed by atoms with Crippen molar-refractivity contribution in [3.63, 3.8) is 0 Å². The molecule has 0 heterocycles. The SMILES string of the molecule is Cc1ccc(Cl)c(NC(=O)CCC(C)O)c1. The first-order chi connectivity index (χ1) is 7.49. The molecule has 0 aromatic heterocycles. The van der Waals surface area contributed by atoms with Gasteiger partial charge in [-0.2, -0.15) is 0 Å². The van der Waals surface area contributed by atoms with E-state index in [2.05, 4.69) is 5.32 Å². The van der Waals surface area contributed by atoms with Crippen LogP contribution in [-0.4, -0.2) is 17.1 Å². The average Bonchev–Trinajstić information content (AvgIpc) is 2.20. The predicted molar refractivity (Wildman–Crippen MR) is 65.7 cm³/mol. The highest BCUT2D eigenvalue weighted by Crippen LogP contribution is 2.22. The van der Waals surface area contributed by atoms with E-state index in [9.17, 15) is 4.79 Å². The summed E-state index contributed by atoms with van der Waals surface area (Å²) in [6.07, 6.45) is 0.288. The highest BCUT2D eigenvalue weighted by Gasteiger charge is 2.07. The lowest BCUT2D eigenvalue weighted by molar-refractivity contribution is -0.116. The molecule has 0 spiro atoms. The van der Waals surface area contributed by atoms with Gasteiger partial charge in [0.15, 0.2) is 0 Å². The van der Waals surface area contributed by atoms with Crippen LogP contribution in [-0.2, 0) is 4.79 Å². The number of aryl methyl sites for hydroxylation is 1. The average molecular weight is 242 g/mol. The lowest BCUT2D eigenvalue weighted by Crippen LogP contribution is -2.14. The Bertz CT molecular complexity index is 377. The van der Waals surface area contributed by atoms with Crippen LogP contribution in [0.2, 0.25) is 5.02 Å². The molecule has 1 aromatic rings. The quantitative estimate of drug-likeness (QED) is 0.852. The van der Waals surface area contributed by atoms with Crippen LogP contribution in [0.3, 0.4) is 0 Å². The molecule has 1 unspecified atom stereocenters. The van der Waals surface area contributed by atoms with Crippen LogP contribution in [0.5, 0.6) is 0 Å². The van der Waals surface area contributed by atoms with Gasteiger partial charge in [-0.3, -0.25) is 4.79 Å². The number of benzene rings is 1. The largest absolute Gasteiger partial charge is 0.393 e. The first-order valence-electron chi connectivity index (χ1n) is 5.23. The van der Waals surface area contributed by atoms with Gasteiger partial charge in [-0.05, 0) is 38.0 Å². The molecule has 0 radical (unpaired) electrons. The van der Waals surface area contributed by atoms with Gasteiger partial charge in [-0.15, -0.1) is 0 Å². The van der Waals surface area contributed by atoms with Crippen molar-refractivity contribution in [1.29, 1.82) is 0 Å². The first kappa shape index (κ1) is 13.0. The molecule has 1 rings (SSSR count). The van der Waals surface area contributed by atoms with Crippen molar-refractivity contribution in [3.8, 4) is 0 Å². The van der Waals surface area contributed by atoms with E-state index in [0.29, 0.717) is 23.6 Å². The molecule has 3 nitrogen and oxygen atoms in total. The minimum Gasteiger partial charge on any atom is -0.393 e. The van der Waals surface area contributed by atoms with Crippen LogP contribution < -0.4 is 5.32 Å². The fraction of sp³-hybridized carbons (Fsp3) is 0.417. The maximum Gasteiger partial charge on any atom is 0.224 e. The zero-order chi connectivity index (χ0) is 12.1. The number of aliphatic hydroxyl groups excluding tert-OH is 1. The maximum atomic E-state index is 11.5.